The van der Waals surface area contributed by atoms with E-state index >= 15 is 0 Å². The Morgan fingerprint density at radius 3 is 3.00 bits per heavy atom. The summed E-state index contributed by atoms with van der Waals surface area (Å²) in [5.41, 5.74) is 0. The molecule has 110 valence electrons. The molecule has 20 heavy (non-hydrogen) atoms. The number of hydrogen-bond donors (Lipinski definition) is 3. The van der Waals surface area contributed by atoms with Gasteiger partial charge in [-0.05, 0) is 19.8 Å². The summed E-state index contributed by atoms with van der Waals surface area (Å²) in [6, 6.07) is -0.471. The molecule has 2 rings (SSSR count). The van der Waals surface area contributed by atoms with Crippen LogP contribution in [0.3, 0.4) is 0 Å². The first kappa shape index (κ1) is 14.7. The Kier molecular flexibility index (Phi) is 4.91. The van der Waals surface area contributed by atoms with Gasteiger partial charge in [0.15, 0.2) is 6.10 Å². The largest absolute Gasteiger partial charge is 0.479 e. The third-order valence-electron chi connectivity index (χ3n) is 3.04. The van der Waals surface area contributed by atoms with Crippen molar-refractivity contribution in [3.8, 4) is 0 Å². The van der Waals surface area contributed by atoms with E-state index in [2.05, 4.69) is 15.6 Å². The van der Waals surface area contributed by atoms with E-state index in [1.807, 2.05) is 12.3 Å². The lowest BCUT2D eigenvalue weighted by molar-refractivity contribution is -0.149. The zero-order chi connectivity index (χ0) is 14.5. The number of carbonyl (C=O) groups excluding carboxylic acids is 1. The minimum absolute atomic E-state index is 0.161. The van der Waals surface area contributed by atoms with Crippen LogP contribution in [0.1, 0.15) is 30.8 Å². The average Bonchev–Trinajstić information content (AvgIpc) is 3.07. The number of nitrogens with zero attached hydrogens (tertiary/aromatic N) is 1. The first-order valence-corrected chi connectivity index (χ1v) is 7.26. The van der Waals surface area contributed by atoms with Gasteiger partial charge >= 0.3 is 12.0 Å². The van der Waals surface area contributed by atoms with Crippen molar-refractivity contribution in [3.05, 3.63) is 16.6 Å². The number of carboxylic acids is 1. The number of carbonyl (C=O) groups is 2. The van der Waals surface area contributed by atoms with Gasteiger partial charge in [0.1, 0.15) is 5.01 Å². The first-order valence-electron chi connectivity index (χ1n) is 6.38. The lowest BCUT2D eigenvalue weighted by atomic mass is 10.2. The molecular formula is C12H17N3O4S. The van der Waals surface area contributed by atoms with Gasteiger partial charge in [-0.3, -0.25) is 0 Å². The Balaban J connectivity index is 1.69. The number of thiazole rings is 1. The Morgan fingerprint density at radius 2 is 2.40 bits per heavy atom. The average molecular weight is 299 g/mol. The second-order valence-corrected chi connectivity index (χ2v) is 5.53. The minimum atomic E-state index is -0.950. The normalized spacial score (nSPS) is 23.2. The predicted molar refractivity (Wildman–Crippen MR) is 72.6 cm³/mol. The predicted octanol–water partition coefficient (Wildman–Crippen LogP) is 1.14. The van der Waals surface area contributed by atoms with Crippen molar-refractivity contribution in [1.82, 2.24) is 15.6 Å². The molecule has 0 aliphatic carbocycles. The molecule has 8 heteroatoms. The highest BCUT2D eigenvalue weighted by atomic mass is 32.1. The number of rotatable bonds is 5. The van der Waals surface area contributed by atoms with Crippen LogP contribution in [-0.2, 0) is 9.53 Å². The van der Waals surface area contributed by atoms with E-state index in [0.29, 0.717) is 19.4 Å². The highest BCUT2D eigenvalue weighted by molar-refractivity contribution is 7.09. The van der Waals surface area contributed by atoms with Gasteiger partial charge in [-0.25, -0.2) is 14.6 Å². The molecule has 3 atom stereocenters. The van der Waals surface area contributed by atoms with Gasteiger partial charge in [0.25, 0.3) is 0 Å². The number of ether oxygens (including phenoxy) is 1. The summed E-state index contributed by atoms with van der Waals surface area (Å²) in [7, 11) is 0. The van der Waals surface area contributed by atoms with Gasteiger partial charge in [-0.15, -0.1) is 11.3 Å². The van der Waals surface area contributed by atoms with E-state index in [0.717, 1.165) is 5.01 Å². The lowest BCUT2D eigenvalue weighted by Crippen LogP contribution is -2.41. The summed E-state index contributed by atoms with van der Waals surface area (Å²) in [6.45, 7) is 2.16. The summed E-state index contributed by atoms with van der Waals surface area (Å²) in [5, 5.41) is 16.9. The van der Waals surface area contributed by atoms with Crippen molar-refractivity contribution < 1.29 is 19.4 Å². The third-order valence-corrected chi connectivity index (χ3v) is 4.00. The smallest absolute Gasteiger partial charge is 0.332 e. The first-order chi connectivity index (χ1) is 9.56. The van der Waals surface area contributed by atoms with Gasteiger partial charge in [0.05, 0.1) is 12.1 Å². The molecule has 3 unspecified atom stereocenters. The molecule has 0 saturated carbocycles. The number of nitrogens with one attached hydrogen (secondary N) is 2. The van der Waals surface area contributed by atoms with Crippen molar-refractivity contribution in [2.24, 2.45) is 0 Å². The fourth-order valence-corrected chi connectivity index (χ4v) is 2.65. The number of carboxylic acid groups (broad SMARTS) is 1. The van der Waals surface area contributed by atoms with Crippen LogP contribution in [0.15, 0.2) is 11.6 Å². The van der Waals surface area contributed by atoms with Crippen LogP contribution >= 0.6 is 11.3 Å². The maximum Gasteiger partial charge on any atom is 0.332 e. The van der Waals surface area contributed by atoms with Crippen molar-refractivity contribution in [2.75, 3.05) is 6.54 Å². The fraction of sp³-hybridized carbons (Fsp3) is 0.583. The van der Waals surface area contributed by atoms with Crippen LogP contribution in [-0.4, -0.2) is 40.8 Å². The molecule has 0 aromatic carbocycles. The van der Waals surface area contributed by atoms with Crippen molar-refractivity contribution in [1.29, 1.82) is 0 Å². The molecule has 2 heterocycles. The molecule has 1 aromatic heterocycles. The number of aromatic nitrogens is 1. The highest BCUT2D eigenvalue weighted by Gasteiger charge is 2.30. The molecular weight excluding hydrogens is 282 g/mol. The zero-order valence-electron chi connectivity index (χ0n) is 11.0. The second kappa shape index (κ2) is 6.67. The lowest BCUT2D eigenvalue weighted by Gasteiger charge is -2.15. The van der Waals surface area contributed by atoms with Gasteiger partial charge in [0, 0.05) is 18.1 Å². The third kappa shape index (κ3) is 3.91. The fourth-order valence-electron chi connectivity index (χ4n) is 2.00. The summed E-state index contributed by atoms with van der Waals surface area (Å²) in [4.78, 5) is 26.6. The van der Waals surface area contributed by atoms with E-state index < -0.39 is 12.1 Å². The number of amides is 2. The topological polar surface area (TPSA) is 101 Å². The van der Waals surface area contributed by atoms with E-state index in [9.17, 15) is 9.59 Å². The quantitative estimate of drug-likeness (QED) is 0.757. The summed E-state index contributed by atoms with van der Waals surface area (Å²) in [6.07, 6.45) is 1.82. The molecule has 0 spiro atoms. The maximum absolute atomic E-state index is 11.7. The second-order valence-electron chi connectivity index (χ2n) is 4.61. The summed E-state index contributed by atoms with van der Waals surface area (Å²) >= 11 is 1.48. The van der Waals surface area contributed by atoms with E-state index in [1.165, 1.54) is 11.3 Å². The van der Waals surface area contributed by atoms with Gasteiger partial charge in [-0.2, -0.15) is 0 Å². The number of aliphatic carboxylic acids is 1. The van der Waals surface area contributed by atoms with Crippen LogP contribution in [0, 0.1) is 0 Å². The van der Waals surface area contributed by atoms with Gasteiger partial charge in [-0.1, -0.05) is 0 Å². The van der Waals surface area contributed by atoms with E-state index in [-0.39, 0.29) is 18.2 Å². The zero-order valence-corrected chi connectivity index (χ0v) is 11.9. The van der Waals surface area contributed by atoms with Crippen LogP contribution < -0.4 is 10.6 Å². The highest BCUT2D eigenvalue weighted by Crippen LogP contribution is 2.19. The van der Waals surface area contributed by atoms with E-state index in [4.69, 9.17) is 9.84 Å². The Labute approximate surface area is 120 Å². The molecule has 1 aromatic rings. The van der Waals surface area contributed by atoms with E-state index in [1.54, 1.807) is 6.20 Å². The Bertz CT molecular complexity index is 465. The molecule has 1 saturated heterocycles. The molecule has 0 bridgehead atoms. The van der Waals surface area contributed by atoms with Crippen molar-refractivity contribution in [3.63, 3.8) is 0 Å². The van der Waals surface area contributed by atoms with Crippen LogP contribution in [0.5, 0.6) is 0 Å². The molecule has 0 radical (unpaired) electrons. The molecule has 2 amide bonds. The number of urea groups is 1. The van der Waals surface area contributed by atoms with Gasteiger partial charge in [0.2, 0.25) is 0 Å². The molecule has 3 N–H and O–H groups in total. The van der Waals surface area contributed by atoms with Crippen LogP contribution in [0.25, 0.3) is 0 Å². The monoisotopic (exact) mass is 299 g/mol. The van der Waals surface area contributed by atoms with Crippen LogP contribution in [0.4, 0.5) is 4.79 Å². The van der Waals surface area contributed by atoms with Crippen molar-refractivity contribution >= 4 is 23.3 Å². The Hall–Kier alpha value is -1.67. The number of hydrogen-bond acceptors (Lipinski definition) is 5. The SMILES string of the molecule is CC(NC(=O)NCC1CCC(C(=O)O)O1)c1nccs1. The molecule has 1 fully saturated rings. The molecule has 1 aliphatic heterocycles. The molecule has 7 nitrogen and oxygen atoms in total. The Morgan fingerprint density at radius 1 is 1.60 bits per heavy atom. The van der Waals surface area contributed by atoms with Gasteiger partial charge < -0.3 is 20.5 Å². The summed E-state index contributed by atoms with van der Waals surface area (Å²) < 4.78 is 5.30. The molecule has 1 aliphatic rings. The van der Waals surface area contributed by atoms with Crippen LogP contribution in [0.2, 0.25) is 0 Å². The minimum Gasteiger partial charge on any atom is -0.479 e. The van der Waals surface area contributed by atoms with Crippen molar-refractivity contribution in [2.45, 2.75) is 38.0 Å². The summed E-state index contributed by atoms with van der Waals surface area (Å²) in [5.74, 6) is -0.950. The maximum atomic E-state index is 11.7. The standard InChI is InChI=1S/C12H17N3O4S/c1-7(10-13-4-5-20-10)15-12(18)14-6-8-2-3-9(19-8)11(16)17/h4-5,7-9H,2-3,6H2,1H3,(H,16,17)(H2,14,15,18).